The van der Waals surface area contributed by atoms with E-state index in [4.69, 9.17) is 18.9 Å². The molecule has 0 aliphatic heterocycles. The second-order valence-corrected chi connectivity index (χ2v) is 10.2. The third-order valence-corrected chi connectivity index (χ3v) is 7.48. The van der Waals surface area contributed by atoms with Crippen LogP contribution in [0, 0.1) is 0 Å². The zero-order chi connectivity index (χ0) is 24.6. The molecule has 1 aromatic heterocycles. The van der Waals surface area contributed by atoms with Crippen molar-refractivity contribution in [1.29, 1.82) is 0 Å². The molecule has 1 heterocycles. The van der Waals surface area contributed by atoms with Gasteiger partial charge in [0.2, 0.25) is 0 Å². The predicted octanol–water partition coefficient (Wildman–Crippen LogP) is 3.94. The standard InChI is InChI=1S/C23H29N3O6S2/c1-5-34(27,28)16-6-7-22(33-4)19(12-16)26-23-17-13-20(31-10-8-29-2)21(32-11-9-30-3)14-18(17)24-15-25-23/h6-7,12-15H,5,8-11H2,1-4H3,(H,24,25,26). The Morgan fingerprint density at radius 3 is 2.24 bits per heavy atom. The summed E-state index contributed by atoms with van der Waals surface area (Å²) in [5.74, 6) is 1.60. The summed E-state index contributed by atoms with van der Waals surface area (Å²) in [5, 5.41) is 3.99. The van der Waals surface area contributed by atoms with Crippen molar-refractivity contribution >= 4 is 44.0 Å². The van der Waals surface area contributed by atoms with E-state index in [0.29, 0.717) is 60.3 Å². The number of sulfone groups is 1. The van der Waals surface area contributed by atoms with Crippen LogP contribution in [0.15, 0.2) is 46.5 Å². The Morgan fingerprint density at radius 2 is 1.62 bits per heavy atom. The molecule has 0 amide bonds. The first-order chi connectivity index (χ1) is 16.4. The van der Waals surface area contributed by atoms with Gasteiger partial charge in [-0.1, -0.05) is 6.92 Å². The monoisotopic (exact) mass is 507 g/mol. The smallest absolute Gasteiger partial charge is 0.178 e. The number of thioether (sulfide) groups is 1. The van der Waals surface area contributed by atoms with Crippen LogP contribution in [-0.2, 0) is 19.3 Å². The number of benzene rings is 2. The van der Waals surface area contributed by atoms with E-state index in [1.165, 1.54) is 18.1 Å². The number of nitrogens with zero attached hydrogens (tertiary/aromatic N) is 2. The lowest BCUT2D eigenvalue weighted by atomic mass is 10.2. The lowest BCUT2D eigenvalue weighted by Crippen LogP contribution is -2.09. The van der Waals surface area contributed by atoms with Crippen LogP contribution in [0.2, 0.25) is 0 Å². The van der Waals surface area contributed by atoms with Crippen LogP contribution in [0.1, 0.15) is 6.92 Å². The first-order valence-electron chi connectivity index (χ1n) is 10.6. The van der Waals surface area contributed by atoms with E-state index >= 15 is 0 Å². The Balaban J connectivity index is 2.04. The summed E-state index contributed by atoms with van der Waals surface area (Å²) in [4.78, 5) is 9.93. The van der Waals surface area contributed by atoms with Gasteiger partial charge in [0.25, 0.3) is 0 Å². The van der Waals surface area contributed by atoms with E-state index in [9.17, 15) is 8.42 Å². The van der Waals surface area contributed by atoms with Crippen LogP contribution in [0.4, 0.5) is 11.5 Å². The molecule has 1 N–H and O–H groups in total. The average Bonchev–Trinajstić information content (AvgIpc) is 2.84. The molecule has 0 radical (unpaired) electrons. The van der Waals surface area contributed by atoms with Crippen molar-refractivity contribution in [1.82, 2.24) is 9.97 Å². The number of ether oxygens (including phenoxy) is 4. The van der Waals surface area contributed by atoms with E-state index in [2.05, 4.69) is 15.3 Å². The molecule has 9 nitrogen and oxygen atoms in total. The van der Waals surface area contributed by atoms with Crippen molar-refractivity contribution in [3.63, 3.8) is 0 Å². The van der Waals surface area contributed by atoms with Gasteiger partial charge in [-0.3, -0.25) is 0 Å². The molecule has 0 aliphatic carbocycles. The molecule has 0 saturated heterocycles. The summed E-state index contributed by atoms with van der Waals surface area (Å²) in [6.45, 7) is 3.17. The highest BCUT2D eigenvalue weighted by molar-refractivity contribution is 7.98. The average molecular weight is 508 g/mol. The van der Waals surface area contributed by atoms with Gasteiger partial charge in [0.05, 0.1) is 35.1 Å². The molecule has 2 aromatic carbocycles. The van der Waals surface area contributed by atoms with E-state index in [0.717, 1.165) is 4.90 Å². The van der Waals surface area contributed by atoms with Gasteiger partial charge < -0.3 is 24.3 Å². The van der Waals surface area contributed by atoms with Crippen LogP contribution in [0.5, 0.6) is 11.5 Å². The van der Waals surface area contributed by atoms with Gasteiger partial charge in [0.15, 0.2) is 21.3 Å². The number of fused-ring (bicyclic) bond motifs is 1. The summed E-state index contributed by atoms with van der Waals surface area (Å²) >= 11 is 1.51. The molecular formula is C23H29N3O6S2. The zero-order valence-corrected chi connectivity index (χ0v) is 21.3. The number of hydrogen-bond donors (Lipinski definition) is 1. The maximum Gasteiger partial charge on any atom is 0.178 e. The summed E-state index contributed by atoms with van der Waals surface area (Å²) in [7, 11) is -0.149. The number of hydrogen-bond acceptors (Lipinski definition) is 10. The fraction of sp³-hybridized carbons (Fsp3) is 0.391. The van der Waals surface area contributed by atoms with Crippen molar-refractivity contribution < 1.29 is 27.4 Å². The minimum absolute atomic E-state index is 0.0233. The van der Waals surface area contributed by atoms with Crippen molar-refractivity contribution in [2.45, 2.75) is 16.7 Å². The van der Waals surface area contributed by atoms with Gasteiger partial charge in [0, 0.05) is 30.6 Å². The quantitative estimate of drug-likeness (QED) is 0.270. The molecule has 11 heteroatoms. The van der Waals surface area contributed by atoms with Gasteiger partial charge in [-0.15, -0.1) is 11.8 Å². The molecule has 34 heavy (non-hydrogen) atoms. The van der Waals surface area contributed by atoms with E-state index in [-0.39, 0.29) is 10.6 Å². The first kappa shape index (κ1) is 26.0. The molecule has 0 bridgehead atoms. The first-order valence-corrected chi connectivity index (χ1v) is 13.5. The topological polar surface area (TPSA) is 109 Å². The number of aromatic nitrogens is 2. The third kappa shape index (κ3) is 6.29. The zero-order valence-electron chi connectivity index (χ0n) is 19.7. The van der Waals surface area contributed by atoms with Crippen LogP contribution in [0.3, 0.4) is 0 Å². The Labute approximate surface area is 204 Å². The van der Waals surface area contributed by atoms with Gasteiger partial charge in [-0.05, 0) is 30.5 Å². The highest BCUT2D eigenvalue weighted by Crippen LogP contribution is 2.37. The van der Waals surface area contributed by atoms with Gasteiger partial charge in [-0.2, -0.15) is 0 Å². The van der Waals surface area contributed by atoms with Gasteiger partial charge in [-0.25, -0.2) is 18.4 Å². The van der Waals surface area contributed by atoms with Crippen LogP contribution in [-0.4, -0.2) is 71.0 Å². The minimum Gasteiger partial charge on any atom is -0.487 e. The van der Waals surface area contributed by atoms with Crippen molar-refractivity contribution in [2.75, 3.05) is 58.0 Å². The molecule has 0 spiro atoms. The number of nitrogens with one attached hydrogen (secondary N) is 1. The molecule has 0 aliphatic rings. The Hall–Kier alpha value is -2.60. The van der Waals surface area contributed by atoms with Crippen LogP contribution in [0.25, 0.3) is 10.9 Å². The van der Waals surface area contributed by atoms with E-state index in [1.807, 2.05) is 6.26 Å². The number of rotatable bonds is 13. The number of methoxy groups -OCH3 is 2. The fourth-order valence-electron chi connectivity index (χ4n) is 3.13. The number of anilines is 2. The summed E-state index contributed by atoms with van der Waals surface area (Å²) in [6.07, 6.45) is 3.37. The van der Waals surface area contributed by atoms with Gasteiger partial charge in [0.1, 0.15) is 25.4 Å². The molecular weight excluding hydrogens is 478 g/mol. The largest absolute Gasteiger partial charge is 0.487 e. The summed E-state index contributed by atoms with van der Waals surface area (Å²) < 4.78 is 46.7. The van der Waals surface area contributed by atoms with Crippen molar-refractivity contribution in [3.8, 4) is 11.5 Å². The van der Waals surface area contributed by atoms with Gasteiger partial charge >= 0.3 is 0 Å². The third-order valence-electron chi connectivity index (χ3n) is 4.95. The molecule has 184 valence electrons. The lowest BCUT2D eigenvalue weighted by molar-refractivity contribution is 0.132. The molecule has 0 fully saturated rings. The summed E-state index contributed by atoms with van der Waals surface area (Å²) in [6, 6.07) is 8.64. The van der Waals surface area contributed by atoms with Crippen LogP contribution < -0.4 is 14.8 Å². The second kappa shape index (κ2) is 12.2. The second-order valence-electron chi connectivity index (χ2n) is 7.11. The Morgan fingerprint density at radius 1 is 0.941 bits per heavy atom. The highest BCUT2D eigenvalue weighted by atomic mass is 32.2. The Kier molecular flexibility index (Phi) is 9.34. The maximum atomic E-state index is 12.4. The highest BCUT2D eigenvalue weighted by Gasteiger charge is 2.17. The molecule has 0 unspecified atom stereocenters. The van der Waals surface area contributed by atoms with E-state index < -0.39 is 9.84 Å². The molecule has 3 rings (SSSR count). The van der Waals surface area contributed by atoms with E-state index in [1.54, 1.807) is 51.5 Å². The lowest BCUT2D eigenvalue weighted by Gasteiger charge is -2.16. The minimum atomic E-state index is -3.36. The normalized spacial score (nSPS) is 11.5. The molecule has 0 saturated carbocycles. The molecule has 0 atom stereocenters. The van der Waals surface area contributed by atoms with Crippen molar-refractivity contribution in [3.05, 3.63) is 36.7 Å². The fourth-order valence-corrected chi connectivity index (χ4v) is 4.57. The van der Waals surface area contributed by atoms with Crippen LogP contribution >= 0.6 is 11.8 Å². The predicted molar refractivity (Wildman–Crippen MR) is 134 cm³/mol. The SMILES string of the molecule is CCS(=O)(=O)c1ccc(SC)c(Nc2ncnc3cc(OCCOC)c(OCCOC)cc23)c1. The molecule has 3 aromatic rings. The van der Waals surface area contributed by atoms with Crippen molar-refractivity contribution in [2.24, 2.45) is 0 Å². The Bertz CT molecular complexity index is 1220. The maximum absolute atomic E-state index is 12.4. The summed E-state index contributed by atoms with van der Waals surface area (Å²) in [5.41, 5.74) is 1.29.